The van der Waals surface area contributed by atoms with Gasteiger partial charge in [-0.15, -0.1) is 22.5 Å². The summed E-state index contributed by atoms with van der Waals surface area (Å²) in [6.07, 6.45) is -5.10. The minimum absolute atomic E-state index is 0.0556. The summed E-state index contributed by atoms with van der Waals surface area (Å²) in [5, 5.41) is 0. The van der Waals surface area contributed by atoms with E-state index in [4.69, 9.17) is 0 Å². The standard InChI is InChI=1S/C10H7F3N2O3/c1-6-3-2-4-7(5-6)15-8(16)14(9(17)18-15)10(11,12)13/h2-5H,1H3. The van der Waals surface area contributed by atoms with Crippen LogP contribution in [-0.4, -0.2) is 9.31 Å². The van der Waals surface area contributed by atoms with Gasteiger partial charge in [0.05, 0.1) is 5.69 Å². The van der Waals surface area contributed by atoms with E-state index in [2.05, 4.69) is 4.52 Å². The van der Waals surface area contributed by atoms with Crippen LogP contribution in [0.3, 0.4) is 0 Å². The van der Waals surface area contributed by atoms with E-state index in [1.165, 1.54) is 18.2 Å². The van der Waals surface area contributed by atoms with Crippen LogP contribution in [0.25, 0.3) is 5.69 Å². The molecule has 0 aliphatic carbocycles. The molecular weight excluding hydrogens is 253 g/mol. The van der Waals surface area contributed by atoms with Gasteiger partial charge in [0.25, 0.3) is 0 Å². The van der Waals surface area contributed by atoms with Crippen LogP contribution in [0.4, 0.5) is 13.2 Å². The molecule has 0 bridgehead atoms. The van der Waals surface area contributed by atoms with E-state index in [-0.39, 0.29) is 5.69 Å². The SMILES string of the molecule is Cc1cccc(-n2oc(=O)n(C(F)(F)F)c2=O)c1. The van der Waals surface area contributed by atoms with Crippen molar-refractivity contribution in [2.75, 3.05) is 0 Å². The fourth-order valence-corrected chi connectivity index (χ4v) is 1.46. The molecule has 0 aliphatic heterocycles. The molecular formula is C10H7F3N2O3. The summed E-state index contributed by atoms with van der Waals surface area (Å²) < 4.78 is 40.9. The lowest BCUT2D eigenvalue weighted by Crippen LogP contribution is -2.37. The van der Waals surface area contributed by atoms with Crippen LogP contribution in [-0.2, 0) is 6.30 Å². The second kappa shape index (κ2) is 3.90. The predicted octanol–water partition coefficient (Wildman–Crippen LogP) is 1.38. The van der Waals surface area contributed by atoms with Gasteiger partial charge in [0, 0.05) is 0 Å². The van der Waals surface area contributed by atoms with Crippen molar-refractivity contribution in [2.24, 2.45) is 0 Å². The lowest BCUT2D eigenvalue weighted by atomic mass is 10.2. The molecule has 1 aromatic carbocycles. The molecule has 0 unspecified atom stereocenters. The van der Waals surface area contributed by atoms with Crippen molar-refractivity contribution in [1.82, 2.24) is 9.31 Å². The van der Waals surface area contributed by atoms with E-state index in [0.29, 0.717) is 10.3 Å². The highest BCUT2D eigenvalue weighted by Gasteiger charge is 2.38. The van der Waals surface area contributed by atoms with E-state index < -0.39 is 22.3 Å². The molecule has 0 atom stereocenters. The molecule has 0 saturated carbocycles. The van der Waals surface area contributed by atoms with Crippen LogP contribution in [0.5, 0.6) is 0 Å². The Morgan fingerprint density at radius 2 is 1.89 bits per heavy atom. The Kier molecular flexibility index (Phi) is 2.64. The Morgan fingerprint density at radius 1 is 1.22 bits per heavy atom. The summed E-state index contributed by atoms with van der Waals surface area (Å²) in [6.45, 7) is 1.69. The summed E-state index contributed by atoms with van der Waals surface area (Å²) in [5.74, 6) is -1.77. The molecule has 0 saturated heterocycles. The number of rotatable bonds is 1. The molecule has 0 spiro atoms. The molecule has 0 amide bonds. The van der Waals surface area contributed by atoms with Gasteiger partial charge in [-0.05, 0) is 24.6 Å². The molecule has 0 aliphatic rings. The molecule has 8 heteroatoms. The Balaban J connectivity index is 2.70. The van der Waals surface area contributed by atoms with Gasteiger partial charge in [0.15, 0.2) is 0 Å². The number of aromatic nitrogens is 2. The van der Waals surface area contributed by atoms with Gasteiger partial charge in [-0.25, -0.2) is 9.59 Å². The number of hydrogen-bond acceptors (Lipinski definition) is 3. The molecule has 1 aromatic heterocycles. The van der Waals surface area contributed by atoms with E-state index in [0.717, 1.165) is 0 Å². The van der Waals surface area contributed by atoms with Crippen LogP contribution in [0.2, 0.25) is 0 Å². The van der Waals surface area contributed by atoms with Crippen molar-refractivity contribution in [3.8, 4) is 5.69 Å². The third kappa shape index (κ3) is 1.96. The monoisotopic (exact) mass is 260 g/mol. The largest absolute Gasteiger partial charge is 0.498 e. The smallest absolute Gasteiger partial charge is 0.311 e. The average Bonchev–Trinajstić information content (AvgIpc) is 2.53. The third-order valence-corrected chi connectivity index (χ3v) is 2.21. The van der Waals surface area contributed by atoms with Gasteiger partial charge in [0.2, 0.25) is 0 Å². The first-order valence-corrected chi connectivity index (χ1v) is 4.80. The number of hydrogen-bond donors (Lipinski definition) is 0. The number of aryl methyl sites for hydroxylation is 1. The van der Waals surface area contributed by atoms with Crippen molar-refractivity contribution in [3.05, 3.63) is 50.9 Å². The first kappa shape index (κ1) is 12.2. The molecule has 96 valence electrons. The highest BCUT2D eigenvalue weighted by atomic mass is 19.4. The van der Waals surface area contributed by atoms with Crippen molar-refractivity contribution >= 4 is 0 Å². The topological polar surface area (TPSA) is 57.1 Å². The van der Waals surface area contributed by atoms with Crippen LogP contribution in [0.1, 0.15) is 5.56 Å². The second-order valence-corrected chi connectivity index (χ2v) is 3.58. The lowest BCUT2D eigenvalue weighted by molar-refractivity contribution is -0.209. The molecule has 0 fully saturated rings. The normalized spacial score (nSPS) is 11.8. The quantitative estimate of drug-likeness (QED) is 0.778. The van der Waals surface area contributed by atoms with Gasteiger partial charge in [-0.2, -0.15) is 0 Å². The maximum Gasteiger partial charge on any atom is 0.498 e. The molecule has 5 nitrogen and oxygen atoms in total. The Hall–Kier alpha value is -2.25. The second-order valence-electron chi connectivity index (χ2n) is 3.58. The number of alkyl halides is 3. The van der Waals surface area contributed by atoms with Gasteiger partial charge in [-0.1, -0.05) is 12.1 Å². The molecule has 0 radical (unpaired) electrons. The summed E-state index contributed by atoms with van der Waals surface area (Å²) >= 11 is 0. The maximum absolute atomic E-state index is 12.4. The van der Waals surface area contributed by atoms with E-state index >= 15 is 0 Å². The number of halogens is 3. The van der Waals surface area contributed by atoms with Crippen molar-refractivity contribution in [2.45, 2.75) is 13.2 Å². The van der Waals surface area contributed by atoms with Gasteiger partial charge in [0.1, 0.15) is 0 Å². The van der Waals surface area contributed by atoms with E-state index in [1.807, 2.05) is 0 Å². The van der Waals surface area contributed by atoms with Crippen molar-refractivity contribution in [1.29, 1.82) is 0 Å². The fourth-order valence-electron chi connectivity index (χ4n) is 1.46. The van der Waals surface area contributed by atoms with Gasteiger partial charge in [-0.3, -0.25) is 0 Å². The number of benzene rings is 1. The molecule has 2 aromatic rings. The van der Waals surface area contributed by atoms with E-state index in [1.54, 1.807) is 13.0 Å². The lowest BCUT2D eigenvalue weighted by Gasteiger charge is -2.02. The predicted molar refractivity (Wildman–Crippen MR) is 54.6 cm³/mol. The summed E-state index contributed by atoms with van der Waals surface area (Å²) in [4.78, 5) is 22.5. The molecule has 18 heavy (non-hydrogen) atoms. The Labute approximate surface area is 97.6 Å². The summed E-state index contributed by atoms with van der Waals surface area (Å²) in [6, 6.07) is 6.00. The zero-order valence-electron chi connectivity index (χ0n) is 9.06. The Morgan fingerprint density at radius 3 is 2.39 bits per heavy atom. The van der Waals surface area contributed by atoms with Crippen LogP contribution in [0, 0.1) is 6.92 Å². The summed E-state index contributed by atoms with van der Waals surface area (Å²) in [7, 11) is 0. The summed E-state index contributed by atoms with van der Waals surface area (Å²) in [5.41, 5.74) is -0.819. The molecule has 0 N–H and O–H groups in total. The zero-order valence-corrected chi connectivity index (χ0v) is 9.06. The van der Waals surface area contributed by atoms with Crippen molar-refractivity contribution < 1.29 is 17.7 Å². The van der Waals surface area contributed by atoms with Crippen LogP contribution in [0.15, 0.2) is 38.4 Å². The first-order chi connectivity index (χ1) is 8.30. The maximum atomic E-state index is 12.4. The third-order valence-electron chi connectivity index (χ3n) is 2.21. The number of nitrogens with zero attached hydrogens (tertiary/aromatic N) is 2. The fraction of sp³-hybridized carbons (Fsp3) is 0.200. The van der Waals surface area contributed by atoms with Crippen molar-refractivity contribution in [3.63, 3.8) is 0 Å². The molecule has 2 rings (SSSR count). The minimum atomic E-state index is -5.10. The highest BCUT2D eigenvalue weighted by molar-refractivity contribution is 5.33. The minimum Gasteiger partial charge on any atom is -0.311 e. The zero-order chi connectivity index (χ0) is 13.5. The van der Waals surface area contributed by atoms with Crippen LogP contribution < -0.4 is 11.4 Å². The average molecular weight is 260 g/mol. The van der Waals surface area contributed by atoms with E-state index in [9.17, 15) is 22.8 Å². The highest BCUT2D eigenvalue weighted by Crippen LogP contribution is 2.18. The van der Waals surface area contributed by atoms with Gasteiger partial charge >= 0.3 is 17.7 Å². The Bertz CT molecular complexity index is 693. The van der Waals surface area contributed by atoms with Gasteiger partial charge < -0.3 is 4.52 Å². The molecule has 1 heterocycles. The van der Waals surface area contributed by atoms with Crippen LogP contribution >= 0.6 is 0 Å². The first-order valence-electron chi connectivity index (χ1n) is 4.80.